The van der Waals surface area contributed by atoms with Gasteiger partial charge in [0, 0.05) is 0 Å². The van der Waals surface area contributed by atoms with Gasteiger partial charge in [-0.2, -0.15) is 0 Å². The van der Waals surface area contributed by atoms with Crippen LogP contribution in [0.25, 0.3) is 0 Å². The lowest BCUT2D eigenvalue weighted by molar-refractivity contribution is 0.151. The van der Waals surface area contributed by atoms with E-state index < -0.39 is 6.16 Å². The van der Waals surface area contributed by atoms with E-state index in [9.17, 15) is 4.79 Å². The van der Waals surface area contributed by atoms with Crippen LogP contribution in [-0.2, 0) is 25.7 Å². The molecule has 0 heterocycles. The van der Waals surface area contributed by atoms with Crippen LogP contribution < -0.4 is 9.47 Å². The summed E-state index contributed by atoms with van der Waals surface area (Å²) in [6.45, 7) is 8.56. The number of carbonyl (C=O) groups is 1. The Balaban J connectivity index is 2.21. The average molecular weight is 383 g/mol. The summed E-state index contributed by atoms with van der Waals surface area (Å²) in [6, 6.07) is 11.9. The maximum atomic E-state index is 12.6. The predicted octanol–water partition coefficient (Wildman–Crippen LogP) is 7.07. The van der Waals surface area contributed by atoms with E-state index in [1.54, 1.807) is 0 Å². The fourth-order valence-electron chi connectivity index (χ4n) is 3.59. The highest BCUT2D eigenvalue weighted by atomic mass is 16.7. The van der Waals surface area contributed by atoms with E-state index in [1.165, 1.54) is 11.1 Å². The Kier molecular flexibility index (Phi) is 9.06. The largest absolute Gasteiger partial charge is 0.519 e. The molecule has 2 rings (SSSR count). The van der Waals surface area contributed by atoms with Crippen LogP contribution in [0.3, 0.4) is 0 Å². The Morgan fingerprint density at radius 1 is 0.714 bits per heavy atom. The fourth-order valence-corrected chi connectivity index (χ4v) is 3.59. The molecule has 2 aromatic rings. The molecule has 0 unspecified atom stereocenters. The minimum absolute atomic E-state index is 0.601. The zero-order chi connectivity index (χ0) is 20.4. The third-order valence-corrected chi connectivity index (χ3v) is 5.16. The van der Waals surface area contributed by atoms with Gasteiger partial charge < -0.3 is 9.47 Å². The van der Waals surface area contributed by atoms with Crippen molar-refractivity contribution in [2.45, 2.75) is 79.1 Å². The molecule has 0 atom stereocenters. The SMILES string of the molecule is CCCCc1cccc(OC(=O)Oc2cccc(CC)c2CC)c1CCCC. The average Bonchev–Trinajstić information content (AvgIpc) is 2.71. The normalized spacial score (nSPS) is 10.7. The van der Waals surface area contributed by atoms with Crippen LogP contribution in [0.15, 0.2) is 36.4 Å². The standard InChI is InChI=1S/C25H34O3/c1-5-9-13-20-15-12-18-24(22(20)16-10-6-2)28-25(26)27-23-17-11-14-19(7-3)21(23)8-4/h11-12,14-15,17-18H,5-10,13,16H2,1-4H3. The van der Waals surface area contributed by atoms with Gasteiger partial charge in [0.05, 0.1) is 0 Å². The lowest BCUT2D eigenvalue weighted by Crippen LogP contribution is -2.16. The van der Waals surface area contributed by atoms with E-state index in [0.29, 0.717) is 11.5 Å². The molecule has 0 aliphatic carbocycles. The first-order chi connectivity index (χ1) is 13.6. The number of aryl methyl sites for hydroxylation is 2. The Morgan fingerprint density at radius 3 is 1.86 bits per heavy atom. The van der Waals surface area contributed by atoms with Gasteiger partial charge >= 0.3 is 6.16 Å². The van der Waals surface area contributed by atoms with Gasteiger partial charge in [-0.15, -0.1) is 0 Å². The highest BCUT2D eigenvalue weighted by Crippen LogP contribution is 2.28. The summed E-state index contributed by atoms with van der Waals surface area (Å²) in [5, 5.41) is 0. The number of rotatable bonds is 10. The molecule has 0 aliphatic heterocycles. The van der Waals surface area contributed by atoms with Crippen molar-refractivity contribution in [1.82, 2.24) is 0 Å². The molecule has 152 valence electrons. The summed E-state index contributed by atoms with van der Waals surface area (Å²) in [6.07, 6.45) is 7.48. The van der Waals surface area contributed by atoms with Crippen LogP contribution in [0.2, 0.25) is 0 Å². The van der Waals surface area contributed by atoms with Crippen molar-refractivity contribution in [3.8, 4) is 11.5 Å². The molecule has 0 aromatic heterocycles. The maximum absolute atomic E-state index is 12.6. The molecule has 0 radical (unpaired) electrons. The monoisotopic (exact) mass is 382 g/mol. The lowest BCUT2D eigenvalue weighted by Gasteiger charge is -2.16. The van der Waals surface area contributed by atoms with Gasteiger partial charge in [0.1, 0.15) is 11.5 Å². The van der Waals surface area contributed by atoms with Gasteiger partial charge in [0.2, 0.25) is 0 Å². The van der Waals surface area contributed by atoms with Crippen molar-refractivity contribution in [3.05, 3.63) is 58.7 Å². The van der Waals surface area contributed by atoms with Gasteiger partial charge in [-0.05, 0) is 72.9 Å². The van der Waals surface area contributed by atoms with E-state index in [4.69, 9.17) is 9.47 Å². The molecule has 0 fully saturated rings. The summed E-state index contributed by atoms with van der Waals surface area (Å²) in [5.74, 6) is 1.24. The number of hydrogen-bond donors (Lipinski definition) is 0. The number of carbonyl (C=O) groups excluding carboxylic acids is 1. The zero-order valence-corrected chi connectivity index (χ0v) is 17.8. The quantitative estimate of drug-likeness (QED) is 0.325. The summed E-state index contributed by atoms with van der Waals surface area (Å²) in [4.78, 5) is 12.6. The second-order valence-electron chi connectivity index (χ2n) is 7.16. The topological polar surface area (TPSA) is 35.5 Å². The first-order valence-corrected chi connectivity index (χ1v) is 10.8. The minimum atomic E-state index is -0.659. The van der Waals surface area contributed by atoms with Gasteiger partial charge in [0.25, 0.3) is 0 Å². The van der Waals surface area contributed by atoms with Crippen molar-refractivity contribution < 1.29 is 14.3 Å². The van der Waals surface area contributed by atoms with Gasteiger partial charge in [-0.25, -0.2) is 4.79 Å². The maximum Gasteiger partial charge on any atom is 0.519 e. The second kappa shape index (κ2) is 11.5. The van der Waals surface area contributed by atoms with Crippen LogP contribution in [-0.4, -0.2) is 6.16 Å². The van der Waals surface area contributed by atoms with Gasteiger partial charge in [-0.3, -0.25) is 0 Å². The van der Waals surface area contributed by atoms with Gasteiger partial charge in [-0.1, -0.05) is 64.8 Å². The summed E-state index contributed by atoms with van der Waals surface area (Å²) < 4.78 is 11.3. The molecule has 0 N–H and O–H groups in total. The van der Waals surface area contributed by atoms with E-state index in [0.717, 1.165) is 62.5 Å². The molecule has 0 spiro atoms. The van der Waals surface area contributed by atoms with Crippen LogP contribution in [0.4, 0.5) is 4.79 Å². The lowest BCUT2D eigenvalue weighted by atomic mass is 9.97. The van der Waals surface area contributed by atoms with E-state index in [2.05, 4.69) is 39.8 Å². The van der Waals surface area contributed by atoms with Crippen molar-refractivity contribution >= 4 is 6.16 Å². The fraction of sp³-hybridized carbons (Fsp3) is 0.480. The summed E-state index contributed by atoms with van der Waals surface area (Å²) >= 11 is 0. The van der Waals surface area contributed by atoms with E-state index in [1.807, 2.05) is 24.3 Å². The molecule has 2 aromatic carbocycles. The first-order valence-electron chi connectivity index (χ1n) is 10.8. The number of ether oxygens (including phenoxy) is 2. The molecule has 0 bridgehead atoms. The summed E-state index contributed by atoms with van der Waals surface area (Å²) in [7, 11) is 0. The molecule has 3 heteroatoms. The Labute approximate surface area is 170 Å². The Bertz CT molecular complexity index is 764. The first kappa shape index (κ1) is 22.0. The van der Waals surface area contributed by atoms with Crippen LogP contribution in [0.5, 0.6) is 11.5 Å². The van der Waals surface area contributed by atoms with Crippen molar-refractivity contribution in [1.29, 1.82) is 0 Å². The molecule has 0 aliphatic rings. The smallest absolute Gasteiger partial charge is 0.394 e. The third-order valence-electron chi connectivity index (χ3n) is 5.16. The second-order valence-corrected chi connectivity index (χ2v) is 7.16. The number of benzene rings is 2. The number of hydrogen-bond acceptors (Lipinski definition) is 3. The summed E-state index contributed by atoms with van der Waals surface area (Å²) in [5.41, 5.74) is 4.71. The molecule has 0 amide bonds. The van der Waals surface area contributed by atoms with Crippen LogP contribution in [0, 0.1) is 0 Å². The highest BCUT2D eigenvalue weighted by molar-refractivity contribution is 5.68. The third kappa shape index (κ3) is 5.85. The minimum Gasteiger partial charge on any atom is -0.394 e. The molecular weight excluding hydrogens is 348 g/mol. The van der Waals surface area contributed by atoms with Gasteiger partial charge in [0.15, 0.2) is 0 Å². The van der Waals surface area contributed by atoms with E-state index >= 15 is 0 Å². The number of unbranched alkanes of at least 4 members (excludes halogenated alkanes) is 2. The van der Waals surface area contributed by atoms with Crippen LogP contribution >= 0.6 is 0 Å². The molecule has 0 saturated heterocycles. The molecule has 28 heavy (non-hydrogen) atoms. The molecule has 0 saturated carbocycles. The van der Waals surface area contributed by atoms with Crippen molar-refractivity contribution in [2.24, 2.45) is 0 Å². The molecular formula is C25H34O3. The Morgan fingerprint density at radius 2 is 1.29 bits per heavy atom. The van der Waals surface area contributed by atoms with Crippen LogP contribution in [0.1, 0.15) is 75.6 Å². The zero-order valence-electron chi connectivity index (χ0n) is 17.8. The Hall–Kier alpha value is -2.29. The van der Waals surface area contributed by atoms with Crippen molar-refractivity contribution in [3.63, 3.8) is 0 Å². The predicted molar refractivity (Wildman–Crippen MR) is 116 cm³/mol. The highest BCUT2D eigenvalue weighted by Gasteiger charge is 2.16. The van der Waals surface area contributed by atoms with E-state index in [-0.39, 0.29) is 0 Å². The van der Waals surface area contributed by atoms with Crippen molar-refractivity contribution in [2.75, 3.05) is 0 Å². The molecule has 3 nitrogen and oxygen atoms in total.